The second-order valence-corrected chi connectivity index (χ2v) is 9.29. The van der Waals surface area contributed by atoms with Crippen molar-refractivity contribution in [2.75, 3.05) is 51.3 Å². The molecule has 1 aliphatic heterocycles. The lowest BCUT2D eigenvalue weighted by molar-refractivity contribution is 0.0946. The molecule has 1 aliphatic rings. The summed E-state index contributed by atoms with van der Waals surface area (Å²) >= 11 is 0. The molecule has 7 nitrogen and oxygen atoms in total. The van der Waals surface area contributed by atoms with Gasteiger partial charge in [0.2, 0.25) is 0 Å². The van der Waals surface area contributed by atoms with Gasteiger partial charge in [-0.15, -0.1) is 0 Å². The summed E-state index contributed by atoms with van der Waals surface area (Å²) in [6, 6.07) is 14.3. The topological polar surface area (TPSA) is 62.6 Å². The number of hydrogen-bond donors (Lipinski definition) is 1. The normalized spacial score (nSPS) is 14.3. The molecule has 0 atom stereocenters. The largest absolute Gasteiger partial charge is 0.497 e. The summed E-state index contributed by atoms with van der Waals surface area (Å²) < 4.78 is 7.34. The summed E-state index contributed by atoms with van der Waals surface area (Å²) in [6.45, 7) is 14.0. The van der Waals surface area contributed by atoms with Crippen molar-refractivity contribution >= 4 is 11.6 Å². The maximum Gasteiger partial charge on any atom is 0.271 e. The SMILES string of the molecule is COc1cccc(-n2c(C)nc(C(=O)NCCCN3CCN(c4cccc(C)c4C)CC3)c2C)c1. The molecule has 0 spiro atoms. The van der Waals surface area contributed by atoms with Crippen LogP contribution in [0.4, 0.5) is 5.69 Å². The van der Waals surface area contributed by atoms with Crippen molar-refractivity contribution in [3.63, 3.8) is 0 Å². The predicted molar refractivity (Wildman–Crippen MR) is 141 cm³/mol. The van der Waals surface area contributed by atoms with Gasteiger partial charge in [-0.05, 0) is 70.0 Å². The van der Waals surface area contributed by atoms with Gasteiger partial charge < -0.3 is 19.5 Å². The molecule has 3 aromatic rings. The molecule has 1 fully saturated rings. The molecule has 1 saturated heterocycles. The first-order chi connectivity index (χ1) is 16.9. The van der Waals surface area contributed by atoms with Gasteiger partial charge in [0, 0.05) is 44.5 Å². The first kappa shape index (κ1) is 24.8. The van der Waals surface area contributed by atoms with E-state index in [-0.39, 0.29) is 5.91 Å². The van der Waals surface area contributed by atoms with Crippen LogP contribution in [0.1, 0.15) is 39.6 Å². The van der Waals surface area contributed by atoms with Gasteiger partial charge in [-0.3, -0.25) is 9.69 Å². The minimum atomic E-state index is -0.119. The highest BCUT2D eigenvalue weighted by Gasteiger charge is 2.20. The van der Waals surface area contributed by atoms with E-state index in [0.717, 1.165) is 62.1 Å². The minimum Gasteiger partial charge on any atom is -0.497 e. The number of nitrogens with one attached hydrogen (secondary N) is 1. The second-order valence-electron chi connectivity index (χ2n) is 9.29. The number of imidazole rings is 1. The van der Waals surface area contributed by atoms with Gasteiger partial charge >= 0.3 is 0 Å². The van der Waals surface area contributed by atoms with Crippen LogP contribution in [-0.4, -0.2) is 66.7 Å². The molecule has 0 bridgehead atoms. The Hall–Kier alpha value is -3.32. The van der Waals surface area contributed by atoms with Crippen molar-refractivity contribution in [1.82, 2.24) is 19.8 Å². The Labute approximate surface area is 208 Å². The number of ether oxygens (including phenoxy) is 1. The van der Waals surface area contributed by atoms with Gasteiger partial charge in [0.1, 0.15) is 17.3 Å². The Bertz CT molecular complexity index is 1180. The summed E-state index contributed by atoms with van der Waals surface area (Å²) in [5, 5.41) is 3.07. The van der Waals surface area contributed by atoms with Gasteiger partial charge in [-0.25, -0.2) is 4.98 Å². The number of aromatic nitrogens is 2. The molecule has 1 aromatic heterocycles. The van der Waals surface area contributed by atoms with Crippen LogP contribution < -0.4 is 15.0 Å². The minimum absolute atomic E-state index is 0.119. The van der Waals surface area contributed by atoms with Crippen molar-refractivity contribution in [2.24, 2.45) is 0 Å². The van der Waals surface area contributed by atoms with E-state index in [1.165, 1.54) is 16.8 Å². The summed E-state index contributed by atoms with van der Waals surface area (Å²) in [6.07, 6.45) is 0.920. The quantitative estimate of drug-likeness (QED) is 0.498. The Morgan fingerprint density at radius 3 is 2.51 bits per heavy atom. The maximum absolute atomic E-state index is 12.9. The molecule has 2 heterocycles. The number of hydrogen-bond acceptors (Lipinski definition) is 5. The third kappa shape index (κ3) is 5.51. The average molecular weight is 476 g/mol. The van der Waals surface area contributed by atoms with Crippen molar-refractivity contribution in [3.05, 3.63) is 70.8 Å². The lowest BCUT2D eigenvalue weighted by atomic mass is 10.1. The van der Waals surface area contributed by atoms with Crippen molar-refractivity contribution < 1.29 is 9.53 Å². The number of anilines is 1. The van der Waals surface area contributed by atoms with Gasteiger partial charge in [-0.2, -0.15) is 0 Å². The third-order valence-electron chi connectivity index (χ3n) is 7.03. The summed E-state index contributed by atoms with van der Waals surface area (Å²) in [7, 11) is 1.65. The zero-order valence-corrected chi connectivity index (χ0v) is 21.6. The Morgan fingerprint density at radius 1 is 1.03 bits per heavy atom. The van der Waals surface area contributed by atoms with Crippen LogP contribution in [0, 0.1) is 27.7 Å². The number of benzene rings is 2. The molecule has 1 amide bonds. The fraction of sp³-hybridized carbons (Fsp3) is 0.429. The van der Waals surface area contributed by atoms with E-state index in [0.29, 0.717) is 12.2 Å². The van der Waals surface area contributed by atoms with E-state index in [1.807, 2.05) is 42.7 Å². The fourth-order valence-electron chi connectivity index (χ4n) is 4.87. The van der Waals surface area contributed by atoms with Crippen LogP contribution in [-0.2, 0) is 0 Å². The number of nitrogens with zero attached hydrogens (tertiary/aromatic N) is 4. The van der Waals surface area contributed by atoms with Gasteiger partial charge in [0.25, 0.3) is 5.91 Å². The molecule has 0 radical (unpaired) electrons. The van der Waals surface area contributed by atoms with Crippen LogP contribution in [0.25, 0.3) is 5.69 Å². The molecular weight excluding hydrogens is 438 g/mol. The van der Waals surface area contributed by atoms with E-state index in [2.05, 4.69) is 52.1 Å². The Balaban J connectivity index is 1.26. The second kappa shape index (κ2) is 11.0. The van der Waals surface area contributed by atoms with Crippen LogP contribution in [0.15, 0.2) is 42.5 Å². The first-order valence-corrected chi connectivity index (χ1v) is 12.4. The molecule has 35 heavy (non-hydrogen) atoms. The molecule has 0 aliphatic carbocycles. The lowest BCUT2D eigenvalue weighted by Crippen LogP contribution is -2.47. The average Bonchev–Trinajstić information content (AvgIpc) is 3.17. The zero-order valence-electron chi connectivity index (χ0n) is 21.6. The number of methoxy groups -OCH3 is 1. The fourth-order valence-corrected chi connectivity index (χ4v) is 4.87. The van der Waals surface area contributed by atoms with E-state index in [1.54, 1.807) is 7.11 Å². The monoisotopic (exact) mass is 475 g/mol. The number of piperazine rings is 1. The van der Waals surface area contributed by atoms with Gasteiger partial charge in [-0.1, -0.05) is 18.2 Å². The highest BCUT2D eigenvalue weighted by molar-refractivity contribution is 5.93. The summed E-state index contributed by atoms with van der Waals surface area (Å²) in [5.41, 5.74) is 6.33. The number of carbonyl (C=O) groups is 1. The van der Waals surface area contributed by atoms with Crippen LogP contribution in [0.5, 0.6) is 5.75 Å². The van der Waals surface area contributed by atoms with Crippen LogP contribution in [0.3, 0.4) is 0 Å². The van der Waals surface area contributed by atoms with Crippen molar-refractivity contribution in [2.45, 2.75) is 34.1 Å². The number of aryl methyl sites for hydroxylation is 2. The van der Waals surface area contributed by atoms with Crippen LogP contribution >= 0.6 is 0 Å². The van der Waals surface area contributed by atoms with Crippen molar-refractivity contribution in [3.8, 4) is 11.4 Å². The smallest absolute Gasteiger partial charge is 0.271 e. The maximum atomic E-state index is 12.9. The molecule has 7 heteroatoms. The molecule has 0 unspecified atom stereocenters. The highest BCUT2D eigenvalue weighted by Crippen LogP contribution is 2.24. The van der Waals surface area contributed by atoms with E-state index in [4.69, 9.17) is 4.74 Å². The van der Waals surface area contributed by atoms with Crippen molar-refractivity contribution in [1.29, 1.82) is 0 Å². The summed E-state index contributed by atoms with van der Waals surface area (Å²) in [5.74, 6) is 1.44. The van der Waals surface area contributed by atoms with E-state index < -0.39 is 0 Å². The van der Waals surface area contributed by atoms with Crippen LogP contribution in [0.2, 0.25) is 0 Å². The third-order valence-corrected chi connectivity index (χ3v) is 7.03. The highest BCUT2D eigenvalue weighted by atomic mass is 16.5. The lowest BCUT2D eigenvalue weighted by Gasteiger charge is -2.37. The standard InChI is InChI=1S/C28H37N5O2/c1-20-9-6-12-26(21(20)2)32-17-15-31(16-18-32)14-8-13-29-28(34)27-22(3)33(23(4)30-27)24-10-7-11-25(19-24)35-5/h6-7,9-12,19H,8,13-18H2,1-5H3,(H,29,34). The number of amides is 1. The first-order valence-electron chi connectivity index (χ1n) is 12.4. The molecule has 0 saturated carbocycles. The van der Waals surface area contributed by atoms with E-state index >= 15 is 0 Å². The molecule has 4 rings (SSSR count). The predicted octanol–water partition coefficient (Wildman–Crippen LogP) is 4.06. The molecule has 1 N–H and O–H groups in total. The Kier molecular flexibility index (Phi) is 7.76. The summed E-state index contributed by atoms with van der Waals surface area (Å²) in [4.78, 5) is 22.4. The molecule has 2 aromatic carbocycles. The molecular formula is C28H37N5O2. The van der Waals surface area contributed by atoms with E-state index in [9.17, 15) is 4.79 Å². The molecule has 186 valence electrons. The Morgan fingerprint density at radius 2 is 1.77 bits per heavy atom. The van der Waals surface area contributed by atoms with Gasteiger partial charge in [0.05, 0.1) is 18.5 Å². The van der Waals surface area contributed by atoms with Gasteiger partial charge in [0.15, 0.2) is 0 Å². The number of carbonyl (C=O) groups excluding carboxylic acids is 1. The zero-order chi connectivity index (χ0) is 24.9. The number of rotatable bonds is 8.